The van der Waals surface area contributed by atoms with Gasteiger partial charge in [0.2, 0.25) is 0 Å². The van der Waals surface area contributed by atoms with E-state index in [2.05, 4.69) is 0 Å². The first kappa shape index (κ1) is 23.5. The maximum absolute atomic E-state index is 13.3. The molecule has 0 radical (unpaired) electrons. The molecule has 0 amide bonds. The molecule has 30 heavy (non-hydrogen) atoms. The fourth-order valence-corrected chi connectivity index (χ4v) is 2.71. The quantitative estimate of drug-likeness (QED) is 0.353. The summed E-state index contributed by atoms with van der Waals surface area (Å²) in [6.45, 7) is 0. The van der Waals surface area contributed by atoms with Gasteiger partial charge in [-0.1, -0.05) is 24.3 Å². The lowest BCUT2D eigenvalue weighted by Crippen LogP contribution is -2.24. The van der Waals surface area contributed by atoms with E-state index in [0.717, 1.165) is 0 Å². The highest BCUT2D eigenvalue weighted by molar-refractivity contribution is 6.11. The van der Waals surface area contributed by atoms with Gasteiger partial charge in [-0.2, -0.15) is 52.7 Å². The molecule has 0 fully saturated rings. The van der Waals surface area contributed by atoms with Gasteiger partial charge in [0.1, 0.15) is 0 Å². The monoisotopic (exact) mass is 454 g/mol. The van der Waals surface area contributed by atoms with E-state index in [9.17, 15) is 57.5 Å². The predicted octanol–water partition coefficient (Wildman–Crippen LogP) is 6.99. The molecule has 0 atom stereocenters. The standard InChI is InChI=1S/C17H6F12O/c18-14(19,20)9-5-1-3-7(11(9)16(24,25)26)13(30)8-4-2-6-10(15(21,22)23)12(8)17(27,28)29/h1-6H. The molecule has 0 bridgehead atoms. The van der Waals surface area contributed by atoms with Crippen LogP contribution < -0.4 is 0 Å². The zero-order valence-corrected chi connectivity index (χ0v) is 13.9. The summed E-state index contributed by atoms with van der Waals surface area (Å²) in [4.78, 5) is 12.4. The Morgan fingerprint density at radius 1 is 0.500 bits per heavy atom. The molecule has 164 valence electrons. The first-order valence-corrected chi connectivity index (χ1v) is 7.46. The summed E-state index contributed by atoms with van der Waals surface area (Å²) in [6, 6.07) is 0.840. The van der Waals surface area contributed by atoms with E-state index >= 15 is 0 Å². The molecule has 0 spiro atoms. The summed E-state index contributed by atoms with van der Waals surface area (Å²) >= 11 is 0. The van der Waals surface area contributed by atoms with Crippen molar-refractivity contribution >= 4 is 5.78 Å². The minimum Gasteiger partial charge on any atom is -0.289 e. The summed E-state index contributed by atoms with van der Waals surface area (Å²) in [6.07, 6.45) is -23.0. The number of carbonyl (C=O) groups excluding carboxylic acids is 1. The molecule has 0 N–H and O–H groups in total. The highest BCUT2D eigenvalue weighted by Gasteiger charge is 2.48. The van der Waals surface area contributed by atoms with E-state index in [1.165, 1.54) is 0 Å². The van der Waals surface area contributed by atoms with Crippen LogP contribution in [0.2, 0.25) is 0 Å². The highest BCUT2D eigenvalue weighted by Crippen LogP contribution is 2.45. The van der Waals surface area contributed by atoms with Gasteiger partial charge in [0.05, 0.1) is 22.3 Å². The number of rotatable bonds is 2. The third-order valence-corrected chi connectivity index (χ3v) is 3.80. The van der Waals surface area contributed by atoms with Crippen LogP contribution in [0, 0.1) is 0 Å². The van der Waals surface area contributed by atoms with Gasteiger partial charge in [-0.05, 0) is 12.1 Å². The van der Waals surface area contributed by atoms with Gasteiger partial charge in [0, 0.05) is 11.1 Å². The summed E-state index contributed by atoms with van der Waals surface area (Å²) in [5.41, 5.74) is -13.7. The van der Waals surface area contributed by atoms with Crippen molar-refractivity contribution in [1.82, 2.24) is 0 Å². The topological polar surface area (TPSA) is 17.1 Å². The lowest BCUT2D eigenvalue weighted by molar-refractivity contribution is -0.162. The Morgan fingerprint density at radius 3 is 1.03 bits per heavy atom. The molecule has 0 heterocycles. The Kier molecular flexibility index (Phi) is 5.65. The molecule has 0 aliphatic rings. The van der Waals surface area contributed by atoms with Gasteiger partial charge in [0.15, 0.2) is 5.78 Å². The Bertz CT molecular complexity index is 883. The number of hydrogen-bond acceptors (Lipinski definition) is 1. The summed E-state index contributed by atoms with van der Waals surface area (Å²) in [5, 5.41) is 0. The van der Waals surface area contributed by atoms with E-state index in [1.54, 1.807) is 0 Å². The Hall–Kier alpha value is -2.73. The van der Waals surface area contributed by atoms with Crippen LogP contribution in [-0.4, -0.2) is 5.78 Å². The van der Waals surface area contributed by atoms with Crippen molar-refractivity contribution < 1.29 is 57.5 Å². The maximum atomic E-state index is 13.3. The molecule has 1 nitrogen and oxygen atoms in total. The van der Waals surface area contributed by atoms with Gasteiger partial charge in [-0.15, -0.1) is 0 Å². The number of ketones is 1. The molecule has 2 aromatic rings. The van der Waals surface area contributed by atoms with E-state index in [4.69, 9.17) is 0 Å². The smallest absolute Gasteiger partial charge is 0.289 e. The van der Waals surface area contributed by atoms with Crippen molar-refractivity contribution in [3.8, 4) is 0 Å². The second-order valence-electron chi connectivity index (χ2n) is 5.78. The fourth-order valence-electron chi connectivity index (χ4n) is 2.71. The maximum Gasteiger partial charge on any atom is 0.417 e. The number of hydrogen-bond donors (Lipinski definition) is 0. The third kappa shape index (κ3) is 4.54. The Labute approximate surface area is 158 Å². The zero-order valence-electron chi connectivity index (χ0n) is 13.9. The van der Waals surface area contributed by atoms with Crippen molar-refractivity contribution in [1.29, 1.82) is 0 Å². The van der Waals surface area contributed by atoms with Gasteiger partial charge in [0.25, 0.3) is 0 Å². The molecule has 0 saturated carbocycles. The largest absolute Gasteiger partial charge is 0.417 e. The number of carbonyl (C=O) groups is 1. The number of halogens is 12. The minimum absolute atomic E-state index is 0.0591. The molecular formula is C17H6F12O. The van der Waals surface area contributed by atoms with Gasteiger partial charge in [-0.3, -0.25) is 4.79 Å². The molecule has 2 rings (SSSR count). The van der Waals surface area contributed by atoms with E-state index in [-0.39, 0.29) is 24.3 Å². The summed E-state index contributed by atoms with van der Waals surface area (Å²) < 4.78 is 157. The summed E-state index contributed by atoms with van der Waals surface area (Å²) in [7, 11) is 0. The number of benzene rings is 2. The summed E-state index contributed by atoms with van der Waals surface area (Å²) in [5.74, 6) is -2.30. The van der Waals surface area contributed by atoms with Gasteiger partial charge < -0.3 is 0 Å². The fraction of sp³-hybridized carbons (Fsp3) is 0.235. The van der Waals surface area contributed by atoms with Crippen molar-refractivity contribution in [2.75, 3.05) is 0 Å². The first-order valence-electron chi connectivity index (χ1n) is 7.46. The normalized spacial score (nSPS) is 13.5. The molecule has 0 unspecified atom stereocenters. The zero-order chi connectivity index (χ0) is 23.3. The SMILES string of the molecule is O=C(c1cccc(C(F)(F)F)c1C(F)(F)F)c1cccc(C(F)(F)F)c1C(F)(F)F. The van der Waals surface area contributed by atoms with Gasteiger partial charge in [-0.25, -0.2) is 0 Å². The molecule has 0 aromatic heterocycles. The van der Waals surface area contributed by atoms with Crippen molar-refractivity contribution in [2.24, 2.45) is 0 Å². The second-order valence-corrected chi connectivity index (χ2v) is 5.78. The highest BCUT2D eigenvalue weighted by atomic mass is 19.4. The van der Waals surface area contributed by atoms with E-state index in [0.29, 0.717) is 12.1 Å². The third-order valence-electron chi connectivity index (χ3n) is 3.80. The minimum atomic E-state index is -5.85. The second kappa shape index (κ2) is 7.20. The Balaban J connectivity index is 2.90. The molecule has 0 aliphatic carbocycles. The van der Waals surface area contributed by atoms with Crippen LogP contribution in [0.15, 0.2) is 36.4 Å². The van der Waals surface area contributed by atoms with Crippen LogP contribution in [0.5, 0.6) is 0 Å². The molecular weight excluding hydrogens is 448 g/mol. The van der Waals surface area contributed by atoms with Crippen LogP contribution >= 0.6 is 0 Å². The lowest BCUT2D eigenvalue weighted by Gasteiger charge is -2.21. The lowest BCUT2D eigenvalue weighted by atomic mass is 9.89. The average Bonchev–Trinajstić information content (AvgIpc) is 2.56. The predicted molar refractivity (Wildman–Crippen MR) is 76.3 cm³/mol. The van der Waals surface area contributed by atoms with Crippen LogP contribution in [-0.2, 0) is 24.7 Å². The Morgan fingerprint density at radius 2 is 0.800 bits per heavy atom. The molecule has 0 aliphatic heterocycles. The molecule has 13 heteroatoms. The van der Waals surface area contributed by atoms with Crippen molar-refractivity contribution in [3.63, 3.8) is 0 Å². The van der Waals surface area contributed by atoms with Crippen LogP contribution in [0.3, 0.4) is 0 Å². The average molecular weight is 454 g/mol. The molecule has 2 aromatic carbocycles. The number of alkyl halides is 12. The van der Waals surface area contributed by atoms with Crippen molar-refractivity contribution in [2.45, 2.75) is 24.7 Å². The molecule has 0 saturated heterocycles. The first-order chi connectivity index (χ1) is 13.4. The van der Waals surface area contributed by atoms with Crippen LogP contribution in [0.25, 0.3) is 0 Å². The van der Waals surface area contributed by atoms with Gasteiger partial charge >= 0.3 is 24.7 Å². The van der Waals surface area contributed by atoms with E-state index < -0.39 is 63.9 Å². The van der Waals surface area contributed by atoms with E-state index in [1.807, 2.05) is 0 Å². The van der Waals surface area contributed by atoms with Crippen LogP contribution in [0.1, 0.15) is 38.2 Å². The van der Waals surface area contributed by atoms with Crippen LogP contribution in [0.4, 0.5) is 52.7 Å². The van der Waals surface area contributed by atoms with Crippen molar-refractivity contribution in [3.05, 3.63) is 69.8 Å².